The zero-order valence-corrected chi connectivity index (χ0v) is 18.4. The maximum absolute atomic E-state index is 12.3. The highest BCUT2D eigenvalue weighted by Gasteiger charge is 2.38. The summed E-state index contributed by atoms with van der Waals surface area (Å²) < 4.78 is 0. The number of nitrogens with one attached hydrogen (secondary N) is 2. The molecule has 31 heavy (non-hydrogen) atoms. The number of aliphatic hydroxyl groups is 1. The number of aromatic nitrogens is 3. The number of H-pyrrole nitrogens is 1. The number of rotatable bonds is 6. The molecule has 4 rings (SSSR count). The van der Waals surface area contributed by atoms with Gasteiger partial charge in [0.25, 0.3) is 0 Å². The largest absolute Gasteiger partial charge is 0.465 e. The molecule has 4 N–H and O–H groups in total. The van der Waals surface area contributed by atoms with E-state index in [1.807, 2.05) is 13.0 Å². The fourth-order valence-electron chi connectivity index (χ4n) is 4.88. The van der Waals surface area contributed by atoms with E-state index in [0.717, 1.165) is 34.8 Å². The van der Waals surface area contributed by atoms with Crippen molar-refractivity contribution >= 4 is 29.2 Å². The van der Waals surface area contributed by atoms with Crippen LogP contribution in [0.25, 0.3) is 0 Å². The summed E-state index contributed by atoms with van der Waals surface area (Å²) in [6.07, 6.45) is 5.98. The molecule has 2 aromatic rings. The van der Waals surface area contributed by atoms with Gasteiger partial charge in [0.2, 0.25) is 5.91 Å². The summed E-state index contributed by atoms with van der Waals surface area (Å²) in [4.78, 5) is 30.9. The molecule has 2 aliphatic rings. The minimum atomic E-state index is -0.872. The van der Waals surface area contributed by atoms with E-state index >= 15 is 0 Å². The van der Waals surface area contributed by atoms with Crippen molar-refractivity contribution in [3.63, 3.8) is 0 Å². The fourth-order valence-corrected chi connectivity index (χ4v) is 5.68. The van der Waals surface area contributed by atoms with Crippen LogP contribution in [-0.2, 0) is 11.2 Å². The van der Waals surface area contributed by atoms with E-state index in [0.29, 0.717) is 31.5 Å². The lowest BCUT2D eigenvalue weighted by Crippen LogP contribution is -2.47. The molecule has 0 radical (unpaired) electrons. The highest BCUT2D eigenvalue weighted by molar-refractivity contribution is 7.11. The molecule has 2 saturated carbocycles. The summed E-state index contributed by atoms with van der Waals surface area (Å²) in [6.45, 7) is 1.91. The Labute approximate surface area is 184 Å². The Hall–Kier alpha value is -2.46. The van der Waals surface area contributed by atoms with Crippen LogP contribution in [0.15, 0.2) is 12.3 Å². The molecule has 2 aliphatic carbocycles. The molecule has 0 spiro atoms. The fraction of sp³-hybridized carbons (Fsp3) is 0.619. The number of aryl methyl sites for hydroxylation is 1. The zero-order valence-electron chi connectivity index (χ0n) is 17.6. The second-order valence-corrected chi connectivity index (χ2v) is 9.91. The van der Waals surface area contributed by atoms with E-state index in [9.17, 15) is 19.8 Å². The molecule has 2 aromatic heterocycles. The van der Waals surface area contributed by atoms with Gasteiger partial charge in [0.1, 0.15) is 0 Å². The molecule has 168 valence electrons. The van der Waals surface area contributed by atoms with Gasteiger partial charge in [-0.15, -0.1) is 11.3 Å². The van der Waals surface area contributed by atoms with Crippen LogP contribution in [0.5, 0.6) is 0 Å². The zero-order chi connectivity index (χ0) is 22.0. The number of hydrogen-bond donors (Lipinski definition) is 4. The Kier molecular flexibility index (Phi) is 6.57. The van der Waals surface area contributed by atoms with Crippen molar-refractivity contribution in [2.45, 2.75) is 82.4 Å². The number of carboxylic acid groups (broad SMARTS) is 1. The third kappa shape index (κ3) is 5.24. The van der Waals surface area contributed by atoms with Crippen LogP contribution >= 0.6 is 11.3 Å². The van der Waals surface area contributed by atoms with Gasteiger partial charge in [-0.1, -0.05) is 0 Å². The first-order valence-electron chi connectivity index (χ1n) is 10.8. The quantitative estimate of drug-likeness (QED) is 0.537. The average molecular weight is 448 g/mol. The van der Waals surface area contributed by atoms with Crippen LogP contribution in [0.4, 0.5) is 10.6 Å². The lowest BCUT2D eigenvalue weighted by atomic mass is 9.91. The number of aromatic amines is 1. The maximum atomic E-state index is 12.3. The number of hydrogen-bond acceptors (Lipinski definition) is 6. The Morgan fingerprint density at radius 2 is 1.97 bits per heavy atom. The van der Waals surface area contributed by atoms with Crippen molar-refractivity contribution in [3.05, 3.63) is 27.8 Å². The Morgan fingerprint density at radius 3 is 2.65 bits per heavy atom. The summed E-state index contributed by atoms with van der Waals surface area (Å²) in [6, 6.07) is 1.81. The third-order valence-electron chi connectivity index (χ3n) is 6.39. The second kappa shape index (κ2) is 9.35. The molecule has 2 fully saturated rings. The number of anilines is 1. The van der Waals surface area contributed by atoms with E-state index in [-0.39, 0.29) is 36.4 Å². The summed E-state index contributed by atoms with van der Waals surface area (Å²) in [5, 5.41) is 30.6. The molecule has 2 heterocycles. The van der Waals surface area contributed by atoms with Gasteiger partial charge in [-0.25, -0.2) is 9.78 Å². The van der Waals surface area contributed by atoms with Crippen molar-refractivity contribution in [1.82, 2.24) is 20.1 Å². The molecule has 10 heteroatoms. The SMILES string of the molecule is Cc1ncc(CC(=O)Nc2cc([C@@H]3CC[C@H](N(C(=O)O)[C@H]4CC[C@H](O)CC4)C3)[nH]n2)s1. The number of amides is 2. The average Bonchev–Trinajstić information content (AvgIpc) is 3.45. The lowest BCUT2D eigenvalue weighted by molar-refractivity contribution is -0.115. The molecule has 9 nitrogen and oxygen atoms in total. The third-order valence-corrected chi connectivity index (χ3v) is 7.30. The summed E-state index contributed by atoms with van der Waals surface area (Å²) >= 11 is 1.50. The van der Waals surface area contributed by atoms with Crippen LogP contribution in [0, 0.1) is 6.92 Å². The molecule has 2 amide bonds. The highest BCUT2D eigenvalue weighted by Crippen LogP contribution is 2.39. The summed E-state index contributed by atoms with van der Waals surface area (Å²) in [7, 11) is 0. The Balaban J connectivity index is 1.34. The minimum absolute atomic E-state index is 0.0170. The predicted molar refractivity (Wildman–Crippen MR) is 116 cm³/mol. The smallest absolute Gasteiger partial charge is 0.407 e. The van der Waals surface area contributed by atoms with E-state index in [1.54, 1.807) is 11.1 Å². The van der Waals surface area contributed by atoms with Gasteiger partial charge in [0, 0.05) is 40.8 Å². The first-order chi connectivity index (χ1) is 14.9. The van der Waals surface area contributed by atoms with E-state index in [2.05, 4.69) is 20.5 Å². The first-order valence-corrected chi connectivity index (χ1v) is 11.7. The molecule has 0 bridgehead atoms. The van der Waals surface area contributed by atoms with E-state index in [4.69, 9.17) is 0 Å². The second-order valence-electron chi connectivity index (χ2n) is 8.60. The molecule has 0 aliphatic heterocycles. The van der Waals surface area contributed by atoms with Gasteiger partial charge in [-0.2, -0.15) is 5.10 Å². The topological polar surface area (TPSA) is 131 Å². The van der Waals surface area contributed by atoms with Crippen LogP contribution in [0.1, 0.15) is 66.4 Å². The number of carbonyl (C=O) groups excluding carboxylic acids is 1. The maximum Gasteiger partial charge on any atom is 0.407 e. The molecule has 0 aromatic carbocycles. The lowest BCUT2D eigenvalue weighted by Gasteiger charge is -2.37. The Bertz CT molecular complexity index is 921. The number of thiazole rings is 1. The summed E-state index contributed by atoms with van der Waals surface area (Å²) in [5.41, 5.74) is 0.927. The normalized spacial score (nSPS) is 26.0. The van der Waals surface area contributed by atoms with Crippen LogP contribution < -0.4 is 5.32 Å². The Morgan fingerprint density at radius 1 is 1.23 bits per heavy atom. The molecular weight excluding hydrogens is 418 g/mol. The standard InChI is InChI=1S/C21H29N5O4S/c1-12-22-11-17(31-12)9-20(28)23-19-10-18(24-25-19)13-2-3-15(8-13)26(21(29)30)14-4-6-16(27)7-5-14/h10-11,13-16,27H,2-9H2,1H3,(H,29,30)(H2,23,24,25,28)/t13-,14-,15+,16-/m1/s1. The molecule has 2 atom stereocenters. The van der Waals surface area contributed by atoms with Crippen LogP contribution in [-0.4, -0.2) is 60.5 Å². The van der Waals surface area contributed by atoms with E-state index < -0.39 is 6.09 Å². The van der Waals surface area contributed by atoms with Crippen LogP contribution in [0.3, 0.4) is 0 Å². The number of carbonyl (C=O) groups is 2. The monoisotopic (exact) mass is 447 g/mol. The van der Waals surface area contributed by atoms with Crippen molar-refractivity contribution in [2.24, 2.45) is 0 Å². The molecule has 0 unspecified atom stereocenters. The van der Waals surface area contributed by atoms with Crippen molar-refractivity contribution in [1.29, 1.82) is 0 Å². The highest BCUT2D eigenvalue weighted by atomic mass is 32.1. The van der Waals surface area contributed by atoms with Gasteiger partial charge in [0.05, 0.1) is 17.5 Å². The number of nitrogens with zero attached hydrogens (tertiary/aromatic N) is 3. The van der Waals surface area contributed by atoms with Gasteiger partial charge in [-0.05, 0) is 51.9 Å². The molecular formula is C21H29N5O4S. The van der Waals surface area contributed by atoms with Crippen molar-refractivity contribution in [3.8, 4) is 0 Å². The minimum Gasteiger partial charge on any atom is -0.465 e. The van der Waals surface area contributed by atoms with Gasteiger partial charge in [-0.3, -0.25) is 9.89 Å². The van der Waals surface area contributed by atoms with E-state index in [1.165, 1.54) is 11.3 Å². The van der Waals surface area contributed by atoms with Gasteiger partial charge >= 0.3 is 6.09 Å². The van der Waals surface area contributed by atoms with Gasteiger partial charge in [0.15, 0.2) is 5.82 Å². The van der Waals surface area contributed by atoms with Crippen LogP contribution in [0.2, 0.25) is 0 Å². The summed E-state index contributed by atoms with van der Waals surface area (Å²) in [5.74, 6) is 0.534. The van der Waals surface area contributed by atoms with Crippen molar-refractivity contribution in [2.75, 3.05) is 5.32 Å². The predicted octanol–water partition coefficient (Wildman–Crippen LogP) is 3.28. The number of aliphatic hydroxyl groups excluding tert-OH is 1. The first kappa shape index (κ1) is 21.8. The molecule has 0 saturated heterocycles. The van der Waals surface area contributed by atoms with Crippen molar-refractivity contribution < 1.29 is 19.8 Å². The van der Waals surface area contributed by atoms with Gasteiger partial charge < -0.3 is 20.4 Å².